The first-order valence-electron chi connectivity index (χ1n) is 16.6. The van der Waals surface area contributed by atoms with Gasteiger partial charge in [-0.3, -0.25) is 0 Å². The lowest BCUT2D eigenvalue weighted by molar-refractivity contribution is 1.18. The smallest absolute Gasteiger partial charge is 0.0619 e. The number of nitrogens with two attached hydrogens (primary N) is 2. The first-order chi connectivity index (χ1) is 24.2. The first kappa shape index (κ1) is 31.4. The predicted octanol–water partition coefficient (Wildman–Crippen LogP) is 11.1. The van der Waals surface area contributed by atoms with Gasteiger partial charge in [-0.25, -0.2) is 0 Å². The maximum Gasteiger partial charge on any atom is 0.0619 e. The number of fused-ring (bicyclic) bond motifs is 6. The van der Waals surface area contributed by atoms with Crippen LogP contribution in [0.1, 0.15) is 16.7 Å². The molecule has 7 aromatic carbocycles. The highest BCUT2D eigenvalue weighted by atomic mass is 15.0. The van der Waals surface area contributed by atoms with Crippen molar-refractivity contribution in [3.8, 4) is 16.8 Å². The van der Waals surface area contributed by atoms with E-state index in [4.69, 9.17) is 5.73 Å². The van der Waals surface area contributed by atoms with Gasteiger partial charge in [-0.2, -0.15) is 0 Å². The highest BCUT2D eigenvalue weighted by molar-refractivity contribution is 6.19. The average Bonchev–Trinajstić information content (AvgIpc) is 3.50. The highest BCUT2D eigenvalue weighted by Crippen LogP contribution is 2.39. The minimum Gasteiger partial charge on any atom is -0.404 e. The molecule has 3 nitrogen and oxygen atoms in total. The normalized spacial score (nSPS) is 11.8. The van der Waals surface area contributed by atoms with E-state index in [0.717, 1.165) is 28.8 Å². The van der Waals surface area contributed by atoms with E-state index >= 15 is 0 Å². The fourth-order valence-corrected chi connectivity index (χ4v) is 6.93. The summed E-state index contributed by atoms with van der Waals surface area (Å²) in [4.78, 5) is 0. The molecule has 1 heterocycles. The molecule has 0 aliphatic carbocycles. The maximum absolute atomic E-state index is 5.80. The summed E-state index contributed by atoms with van der Waals surface area (Å²) in [7, 11) is 1.50. The number of hydrogen-bond acceptors (Lipinski definition) is 2. The van der Waals surface area contributed by atoms with Crippen molar-refractivity contribution in [3.05, 3.63) is 187 Å². The van der Waals surface area contributed by atoms with Crippen LogP contribution in [0.25, 0.3) is 71.8 Å². The lowest BCUT2D eigenvalue weighted by Crippen LogP contribution is -1.95. The van der Waals surface area contributed by atoms with E-state index in [1.807, 2.05) is 0 Å². The van der Waals surface area contributed by atoms with Crippen molar-refractivity contribution in [2.75, 3.05) is 7.05 Å². The Kier molecular flexibility index (Phi) is 8.92. The van der Waals surface area contributed by atoms with Crippen LogP contribution in [0.4, 0.5) is 0 Å². The molecule has 0 radical (unpaired) electrons. The number of allylic oxidation sites excluding steroid dienone is 3. The van der Waals surface area contributed by atoms with Crippen molar-refractivity contribution in [1.82, 2.24) is 4.57 Å². The molecule has 0 aliphatic rings. The van der Waals surface area contributed by atoms with E-state index in [2.05, 4.69) is 175 Å². The molecule has 0 saturated carbocycles. The molecular formula is C46H39N3. The van der Waals surface area contributed by atoms with Crippen LogP contribution in [-0.4, -0.2) is 11.6 Å². The molecule has 0 fully saturated rings. The summed E-state index contributed by atoms with van der Waals surface area (Å²) in [6.45, 7) is 3.88. The largest absolute Gasteiger partial charge is 0.404 e. The molecule has 3 heteroatoms. The van der Waals surface area contributed by atoms with Crippen LogP contribution in [0.2, 0.25) is 0 Å². The van der Waals surface area contributed by atoms with E-state index in [1.54, 1.807) is 12.3 Å². The van der Waals surface area contributed by atoms with Gasteiger partial charge < -0.3 is 16.0 Å². The predicted molar refractivity (Wildman–Crippen MR) is 213 cm³/mol. The Labute approximate surface area is 287 Å². The summed E-state index contributed by atoms with van der Waals surface area (Å²) in [6.07, 6.45) is 8.63. The van der Waals surface area contributed by atoms with E-state index in [1.165, 1.54) is 67.1 Å². The molecule has 0 amide bonds. The molecule has 0 saturated heterocycles. The standard InChI is InChI=1S/C45H34N2.CH5N/c1-2-33(30-46)35-16-9-13-31(27-35)11-8-12-32-21-24-42-43-26-23-37-29-36(40-20-10-15-34-14-6-7-19-39(34)40)22-25-41(37)45(43)47(44(42)28-32)38-17-4-3-5-18-38;1-2/h2-11,13-30H,1,12,46H2;2H2,1H3/b11-8-,33-30+;. The van der Waals surface area contributed by atoms with Crippen molar-refractivity contribution >= 4 is 55.0 Å². The molecule has 8 aromatic rings. The Hall–Kier alpha value is -6.16. The Balaban J connectivity index is 0.00000186. The van der Waals surface area contributed by atoms with Crippen molar-refractivity contribution in [1.29, 1.82) is 0 Å². The zero-order chi connectivity index (χ0) is 33.7. The fourth-order valence-electron chi connectivity index (χ4n) is 6.93. The Morgan fingerprint density at radius 3 is 2.24 bits per heavy atom. The van der Waals surface area contributed by atoms with Gasteiger partial charge in [-0.15, -0.1) is 0 Å². The first-order valence-corrected chi connectivity index (χ1v) is 16.6. The Bertz CT molecular complexity index is 2510. The topological polar surface area (TPSA) is 57.0 Å². The van der Waals surface area contributed by atoms with Crippen LogP contribution >= 0.6 is 0 Å². The van der Waals surface area contributed by atoms with E-state index in [0.29, 0.717) is 0 Å². The molecule has 238 valence electrons. The second-order valence-corrected chi connectivity index (χ2v) is 12.0. The van der Waals surface area contributed by atoms with Crippen molar-refractivity contribution in [3.63, 3.8) is 0 Å². The van der Waals surface area contributed by atoms with Crippen LogP contribution in [-0.2, 0) is 6.42 Å². The number of benzene rings is 7. The zero-order valence-corrected chi connectivity index (χ0v) is 27.7. The second kappa shape index (κ2) is 13.9. The average molecular weight is 634 g/mol. The lowest BCUT2D eigenvalue weighted by atomic mass is 9.95. The van der Waals surface area contributed by atoms with Crippen molar-refractivity contribution < 1.29 is 0 Å². The van der Waals surface area contributed by atoms with E-state index in [9.17, 15) is 0 Å². The SMILES string of the molecule is C=C/C(=C\N)c1cccc(/C=C\Cc2ccc3c4ccc5cc(-c6cccc7ccccc67)ccc5c4n(-c4ccccc4)c3c2)c1.CN. The van der Waals surface area contributed by atoms with Crippen molar-refractivity contribution in [2.24, 2.45) is 11.5 Å². The van der Waals surface area contributed by atoms with Gasteiger partial charge in [0.25, 0.3) is 0 Å². The molecule has 4 N–H and O–H groups in total. The monoisotopic (exact) mass is 633 g/mol. The van der Waals surface area contributed by atoms with Gasteiger partial charge >= 0.3 is 0 Å². The molecule has 0 unspecified atom stereocenters. The van der Waals surface area contributed by atoms with Gasteiger partial charge in [0.15, 0.2) is 0 Å². The number of nitrogens with zero attached hydrogens (tertiary/aromatic N) is 1. The molecule has 0 spiro atoms. The Morgan fingerprint density at radius 1 is 0.653 bits per heavy atom. The lowest BCUT2D eigenvalue weighted by Gasteiger charge is -2.12. The molecule has 8 rings (SSSR count). The molecule has 0 bridgehead atoms. The third-order valence-corrected chi connectivity index (χ3v) is 9.21. The number of para-hydroxylation sites is 1. The van der Waals surface area contributed by atoms with Crippen LogP contribution in [0.5, 0.6) is 0 Å². The van der Waals surface area contributed by atoms with Gasteiger partial charge in [-0.05, 0) is 93.3 Å². The second-order valence-electron chi connectivity index (χ2n) is 12.0. The van der Waals surface area contributed by atoms with Gasteiger partial charge in [0.2, 0.25) is 0 Å². The summed E-state index contributed by atoms with van der Waals surface area (Å²) in [5.74, 6) is 0. The van der Waals surface area contributed by atoms with Gasteiger partial charge in [0.05, 0.1) is 11.0 Å². The van der Waals surface area contributed by atoms with Gasteiger partial charge in [0, 0.05) is 28.0 Å². The maximum atomic E-state index is 5.80. The summed E-state index contributed by atoms with van der Waals surface area (Å²) in [6, 6.07) is 52.7. The third-order valence-electron chi connectivity index (χ3n) is 9.21. The van der Waals surface area contributed by atoms with E-state index in [-0.39, 0.29) is 0 Å². The number of hydrogen-bond donors (Lipinski definition) is 2. The quantitative estimate of drug-likeness (QED) is 0.172. The van der Waals surface area contributed by atoms with E-state index < -0.39 is 0 Å². The fraction of sp³-hybridized carbons (Fsp3) is 0.0435. The van der Waals surface area contributed by atoms with Crippen LogP contribution in [0.3, 0.4) is 0 Å². The molecule has 1 aromatic heterocycles. The molecule has 0 aliphatic heterocycles. The zero-order valence-electron chi connectivity index (χ0n) is 27.7. The summed E-state index contributed by atoms with van der Waals surface area (Å²) < 4.78 is 2.44. The van der Waals surface area contributed by atoms with Gasteiger partial charge in [0.1, 0.15) is 0 Å². The number of rotatable bonds is 7. The molecule has 49 heavy (non-hydrogen) atoms. The third kappa shape index (κ3) is 5.93. The van der Waals surface area contributed by atoms with Crippen LogP contribution in [0, 0.1) is 0 Å². The highest BCUT2D eigenvalue weighted by Gasteiger charge is 2.16. The van der Waals surface area contributed by atoms with Crippen molar-refractivity contribution in [2.45, 2.75) is 6.42 Å². The summed E-state index contributed by atoms with van der Waals surface area (Å²) >= 11 is 0. The summed E-state index contributed by atoms with van der Waals surface area (Å²) in [5, 5.41) is 7.54. The molecular weight excluding hydrogens is 595 g/mol. The molecule has 0 atom stereocenters. The van der Waals surface area contributed by atoms with Gasteiger partial charge in [-0.1, -0.05) is 140 Å². The minimum absolute atomic E-state index is 0.826. The van der Waals surface area contributed by atoms with Crippen LogP contribution in [0.15, 0.2) is 171 Å². The van der Waals surface area contributed by atoms with Crippen LogP contribution < -0.4 is 11.5 Å². The summed E-state index contributed by atoms with van der Waals surface area (Å²) in [5.41, 5.74) is 20.8. The minimum atomic E-state index is 0.826. The Morgan fingerprint density at radius 2 is 1.41 bits per heavy atom. The number of aromatic nitrogens is 1.